The summed E-state index contributed by atoms with van der Waals surface area (Å²) in [5.74, 6) is -0.564. The predicted molar refractivity (Wildman–Crippen MR) is 59.3 cm³/mol. The lowest BCUT2D eigenvalue weighted by atomic mass is 9.98. The fraction of sp³-hybridized carbons (Fsp3) is 0.455. The van der Waals surface area contributed by atoms with Gasteiger partial charge in [0, 0.05) is 18.7 Å². The van der Waals surface area contributed by atoms with Crippen molar-refractivity contribution in [3.63, 3.8) is 0 Å². The number of carbonyl (C=O) groups excluding carboxylic acids is 1. The number of nitro groups is 1. The topological polar surface area (TPSA) is 73.1 Å². The first kappa shape index (κ1) is 12.3. The van der Waals surface area contributed by atoms with Gasteiger partial charge in [0.2, 0.25) is 0 Å². The highest BCUT2D eigenvalue weighted by atomic mass is 16.6. The summed E-state index contributed by atoms with van der Waals surface area (Å²) in [6.45, 7) is 5.12. The van der Waals surface area contributed by atoms with Crippen LogP contribution in [0.4, 0.5) is 5.69 Å². The minimum absolute atomic E-state index is 0.0422. The van der Waals surface area contributed by atoms with Crippen molar-refractivity contribution in [3.8, 4) is 0 Å². The summed E-state index contributed by atoms with van der Waals surface area (Å²) < 4.78 is 0. The summed E-state index contributed by atoms with van der Waals surface area (Å²) in [5, 5.41) is 10.8. The van der Waals surface area contributed by atoms with E-state index in [0.29, 0.717) is 12.0 Å². The Morgan fingerprint density at radius 3 is 2.75 bits per heavy atom. The van der Waals surface area contributed by atoms with Gasteiger partial charge < -0.3 is 0 Å². The Morgan fingerprint density at radius 2 is 2.25 bits per heavy atom. The van der Waals surface area contributed by atoms with Crippen LogP contribution in [0.1, 0.15) is 37.4 Å². The SMILES string of the molecule is CCC(=O)C(C)c1ncc(C)cc1[N+](=O)[O-]. The lowest BCUT2D eigenvalue weighted by Crippen LogP contribution is -2.11. The molecule has 1 aromatic rings. The van der Waals surface area contributed by atoms with E-state index < -0.39 is 10.8 Å². The van der Waals surface area contributed by atoms with Gasteiger partial charge in [-0.3, -0.25) is 19.9 Å². The molecule has 1 unspecified atom stereocenters. The second-order valence-corrected chi connectivity index (χ2v) is 3.72. The van der Waals surface area contributed by atoms with Crippen LogP contribution in [0, 0.1) is 17.0 Å². The third kappa shape index (κ3) is 2.42. The Bertz CT molecular complexity index is 429. The maximum atomic E-state index is 11.5. The van der Waals surface area contributed by atoms with Crippen molar-refractivity contribution in [1.29, 1.82) is 0 Å². The van der Waals surface area contributed by atoms with E-state index in [1.54, 1.807) is 27.0 Å². The van der Waals surface area contributed by atoms with Crippen molar-refractivity contribution in [2.24, 2.45) is 0 Å². The minimum Gasteiger partial charge on any atom is -0.299 e. The second-order valence-electron chi connectivity index (χ2n) is 3.72. The van der Waals surface area contributed by atoms with Crippen molar-refractivity contribution in [3.05, 3.63) is 33.6 Å². The molecule has 0 saturated heterocycles. The quantitative estimate of drug-likeness (QED) is 0.579. The maximum absolute atomic E-state index is 11.5. The number of aromatic nitrogens is 1. The molecule has 0 aliphatic heterocycles. The van der Waals surface area contributed by atoms with Crippen molar-refractivity contribution in [2.45, 2.75) is 33.1 Å². The van der Waals surface area contributed by atoms with Crippen LogP contribution in [0.3, 0.4) is 0 Å². The minimum atomic E-state index is -0.522. The number of rotatable bonds is 4. The summed E-state index contributed by atoms with van der Waals surface area (Å²) >= 11 is 0. The molecule has 5 nitrogen and oxygen atoms in total. The largest absolute Gasteiger partial charge is 0.299 e. The van der Waals surface area contributed by atoms with Crippen LogP contribution < -0.4 is 0 Å². The summed E-state index contributed by atoms with van der Waals surface area (Å²) in [7, 11) is 0. The highest BCUT2D eigenvalue weighted by molar-refractivity contribution is 5.85. The van der Waals surface area contributed by atoms with Crippen molar-refractivity contribution >= 4 is 11.5 Å². The zero-order chi connectivity index (χ0) is 12.3. The van der Waals surface area contributed by atoms with Gasteiger partial charge in [-0.1, -0.05) is 6.92 Å². The molecular weight excluding hydrogens is 208 g/mol. The number of aryl methyl sites for hydroxylation is 1. The molecule has 0 aromatic carbocycles. The van der Waals surface area contributed by atoms with E-state index in [0.717, 1.165) is 0 Å². The van der Waals surface area contributed by atoms with Gasteiger partial charge in [0.15, 0.2) is 0 Å². The normalized spacial score (nSPS) is 12.2. The Hall–Kier alpha value is -1.78. The van der Waals surface area contributed by atoms with Gasteiger partial charge >= 0.3 is 0 Å². The average Bonchev–Trinajstić information content (AvgIpc) is 2.26. The van der Waals surface area contributed by atoms with E-state index in [9.17, 15) is 14.9 Å². The fourth-order valence-corrected chi connectivity index (χ4v) is 1.50. The molecular formula is C11H14N2O3. The van der Waals surface area contributed by atoms with Crippen LogP contribution in [-0.4, -0.2) is 15.7 Å². The van der Waals surface area contributed by atoms with Crippen molar-refractivity contribution in [1.82, 2.24) is 4.98 Å². The van der Waals surface area contributed by atoms with E-state index in [-0.39, 0.29) is 17.2 Å². The highest BCUT2D eigenvalue weighted by Gasteiger charge is 2.24. The van der Waals surface area contributed by atoms with Gasteiger partial charge in [-0.25, -0.2) is 0 Å². The van der Waals surface area contributed by atoms with Gasteiger partial charge in [-0.2, -0.15) is 0 Å². The summed E-state index contributed by atoms with van der Waals surface area (Å²) in [5.41, 5.74) is 0.892. The van der Waals surface area contributed by atoms with Gasteiger partial charge in [0.1, 0.15) is 11.5 Å². The molecule has 5 heteroatoms. The Labute approximate surface area is 93.7 Å². The predicted octanol–water partition coefficient (Wildman–Crippen LogP) is 2.38. The number of hydrogen-bond acceptors (Lipinski definition) is 4. The number of pyridine rings is 1. The van der Waals surface area contributed by atoms with Crippen LogP contribution in [0.2, 0.25) is 0 Å². The summed E-state index contributed by atoms with van der Waals surface area (Å²) in [6.07, 6.45) is 1.90. The monoisotopic (exact) mass is 222 g/mol. The van der Waals surface area contributed by atoms with E-state index in [2.05, 4.69) is 4.98 Å². The molecule has 0 aliphatic rings. The number of ketones is 1. The van der Waals surface area contributed by atoms with Gasteiger partial charge in [-0.15, -0.1) is 0 Å². The van der Waals surface area contributed by atoms with Gasteiger partial charge in [-0.05, 0) is 19.4 Å². The van der Waals surface area contributed by atoms with Crippen LogP contribution in [-0.2, 0) is 4.79 Å². The molecule has 0 saturated carbocycles. The molecule has 0 fully saturated rings. The van der Waals surface area contributed by atoms with Crippen LogP contribution in [0.5, 0.6) is 0 Å². The second kappa shape index (κ2) is 4.83. The first-order chi connectivity index (χ1) is 7.47. The Morgan fingerprint density at radius 1 is 1.62 bits per heavy atom. The molecule has 0 aliphatic carbocycles. The fourth-order valence-electron chi connectivity index (χ4n) is 1.50. The van der Waals surface area contributed by atoms with E-state index >= 15 is 0 Å². The van der Waals surface area contributed by atoms with E-state index in [1.165, 1.54) is 6.07 Å². The first-order valence-electron chi connectivity index (χ1n) is 5.11. The number of hydrogen-bond donors (Lipinski definition) is 0. The summed E-state index contributed by atoms with van der Waals surface area (Å²) in [6, 6.07) is 1.45. The van der Waals surface area contributed by atoms with Crippen molar-refractivity contribution in [2.75, 3.05) is 0 Å². The first-order valence-corrected chi connectivity index (χ1v) is 5.11. The van der Waals surface area contributed by atoms with Crippen molar-refractivity contribution < 1.29 is 9.72 Å². The summed E-state index contributed by atoms with van der Waals surface area (Å²) in [4.78, 5) is 25.9. The molecule has 86 valence electrons. The molecule has 1 heterocycles. The van der Waals surface area contributed by atoms with E-state index in [1.807, 2.05) is 0 Å². The maximum Gasteiger partial charge on any atom is 0.291 e. The van der Waals surface area contributed by atoms with Crippen LogP contribution in [0.25, 0.3) is 0 Å². The molecule has 1 atom stereocenters. The standard InChI is InChI=1S/C11H14N2O3/c1-4-10(14)8(3)11-9(13(15)16)5-7(2)6-12-11/h5-6,8H,4H2,1-3H3. The lowest BCUT2D eigenvalue weighted by molar-refractivity contribution is -0.386. The van der Waals surface area contributed by atoms with Crippen LogP contribution in [0.15, 0.2) is 12.3 Å². The Balaban J connectivity index is 3.22. The molecule has 0 N–H and O–H groups in total. The molecule has 1 rings (SSSR count). The molecule has 0 spiro atoms. The lowest BCUT2D eigenvalue weighted by Gasteiger charge is -2.09. The molecule has 16 heavy (non-hydrogen) atoms. The van der Waals surface area contributed by atoms with E-state index in [4.69, 9.17) is 0 Å². The third-order valence-electron chi connectivity index (χ3n) is 2.47. The van der Waals surface area contributed by atoms with Gasteiger partial charge in [0.25, 0.3) is 5.69 Å². The number of nitrogens with zero attached hydrogens (tertiary/aromatic N) is 2. The average molecular weight is 222 g/mol. The zero-order valence-corrected chi connectivity index (χ0v) is 9.56. The number of Topliss-reactive ketones (excluding diaryl/α,β-unsaturated/α-hetero) is 1. The number of carbonyl (C=O) groups is 1. The third-order valence-corrected chi connectivity index (χ3v) is 2.47. The highest BCUT2D eigenvalue weighted by Crippen LogP contribution is 2.26. The van der Waals surface area contributed by atoms with Gasteiger partial charge in [0.05, 0.1) is 10.8 Å². The molecule has 0 radical (unpaired) electrons. The molecule has 1 aromatic heterocycles. The Kier molecular flexibility index (Phi) is 3.71. The van der Waals surface area contributed by atoms with Crippen LogP contribution >= 0.6 is 0 Å². The molecule has 0 amide bonds. The molecule has 0 bridgehead atoms. The zero-order valence-electron chi connectivity index (χ0n) is 9.56. The smallest absolute Gasteiger partial charge is 0.291 e.